The lowest BCUT2D eigenvalue weighted by molar-refractivity contribution is 0.0640. The number of nitrogens with zero attached hydrogens (tertiary/aromatic N) is 2. The Morgan fingerprint density at radius 1 is 1.15 bits per heavy atom. The van der Waals surface area contributed by atoms with Gasteiger partial charge in [-0.05, 0) is 25.0 Å². The Morgan fingerprint density at radius 3 is 2.56 bits per heavy atom. The first-order valence-corrected chi connectivity index (χ1v) is 10.4. The number of methoxy groups -OCH3 is 2. The summed E-state index contributed by atoms with van der Waals surface area (Å²) in [7, 11) is 2.72. The molecule has 1 aliphatic rings. The maximum absolute atomic E-state index is 14.2. The first kappa shape index (κ1) is 24.9. The molecular weight excluding hydrogens is 456 g/mol. The molecular formula is C21H25F2N5O6. The molecule has 0 aliphatic carbocycles. The largest absolute Gasteiger partial charge is 0.496 e. The standard InChI is InChI=1S/C21H25F2N5O6/c1-32-9-10-34-21(31)28-7-5-12(6-8-28)25-20(30)18-14(11-24-27-18)26-19(29)16-15(33-2)4-3-13(22)17(16)23/h3-4,11-12H,5-10H2,1-2H3,(H,24,27)(H,25,30)(H,26,29). The highest BCUT2D eigenvalue weighted by Gasteiger charge is 2.28. The van der Waals surface area contributed by atoms with E-state index in [1.165, 1.54) is 20.4 Å². The van der Waals surface area contributed by atoms with Crippen molar-refractivity contribution in [1.82, 2.24) is 20.4 Å². The molecule has 1 aliphatic heterocycles. The highest BCUT2D eigenvalue weighted by Crippen LogP contribution is 2.25. The molecule has 184 valence electrons. The van der Waals surface area contributed by atoms with Crippen LogP contribution in [-0.4, -0.2) is 79.6 Å². The predicted molar refractivity (Wildman–Crippen MR) is 115 cm³/mol. The van der Waals surface area contributed by atoms with E-state index in [9.17, 15) is 23.2 Å². The number of rotatable bonds is 8. The number of nitrogens with one attached hydrogen (secondary N) is 3. The molecule has 1 aromatic carbocycles. The molecule has 3 N–H and O–H groups in total. The molecule has 1 aromatic heterocycles. The third-order valence-corrected chi connectivity index (χ3v) is 5.21. The number of anilines is 1. The average Bonchev–Trinajstić information content (AvgIpc) is 3.29. The van der Waals surface area contributed by atoms with Gasteiger partial charge in [0.15, 0.2) is 17.3 Å². The summed E-state index contributed by atoms with van der Waals surface area (Å²) in [6, 6.07) is 1.72. The second kappa shape index (κ2) is 11.4. The molecule has 0 spiro atoms. The molecule has 1 fully saturated rings. The van der Waals surface area contributed by atoms with Gasteiger partial charge < -0.3 is 29.7 Å². The summed E-state index contributed by atoms with van der Waals surface area (Å²) in [6.07, 6.45) is 1.78. The number of H-pyrrole nitrogens is 1. The van der Waals surface area contributed by atoms with E-state index in [2.05, 4.69) is 20.8 Å². The van der Waals surface area contributed by atoms with Crippen LogP contribution in [0.5, 0.6) is 5.75 Å². The van der Waals surface area contributed by atoms with Crippen molar-refractivity contribution in [3.8, 4) is 5.75 Å². The molecule has 3 amide bonds. The van der Waals surface area contributed by atoms with Crippen LogP contribution in [-0.2, 0) is 9.47 Å². The Balaban J connectivity index is 1.59. The van der Waals surface area contributed by atoms with Crippen LogP contribution in [0, 0.1) is 11.6 Å². The lowest BCUT2D eigenvalue weighted by atomic mass is 10.1. The first-order valence-electron chi connectivity index (χ1n) is 10.4. The fraction of sp³-hybridized carbons (Fsp3) is 0.429. The van der Waals surface area contributed by atoms with E-state index in [0.717, 1.165) is 12.1 Å². The van der Waals surface area contributed by atoms with Crippen LogP contribution in [0.3, 0.4) is 0 Å². The van der Waals surface area contributed by atoms with E-state index >= 15 is 0 Å². The van der Waals surface area contributed by atoms with Crippen LogP contribution < -0.4 is 15.4 Å². The lowest BCUT2D eigenvalue weighted by Gasteiger charge is -2.31. The second-order valence-electron chi connectivity index (χ2n) is 7.38. The van der Waals surface area contributed by atoms with Crippen LogP contribution in [0.2, 0.25) is 0 Å². The predicted octanol–water partition coefficient (Wildman–Crippen LogP) is 1.93. The molecule has 0 bridgehead atoms. The first-order chi connectivity index (χ1) is 16.3. The fourth-order valence-corrected chi connectivity index (χ4v) is 3.42. The summed E-state index contributed by atoms with van der Waals surface area (Å²) in [5, 5.41) is 11.5. The minimum Gasteiger partial charge on any atom is -0.496 e. The molecule has 0 saturated carbocycles. The van der Waals surface area contributed by atoms with Crippen molar-refractivity contribution < 1.29 is 37.4 Å². The van der Waals surface area contributed by atoms with Crippen molar-refractivity contribution in [2.75, 3.05) is 45.8 Å². The van der Waals surface area contributed by atoms with Gasteiger partial charge >= 0.3 is 6.09 Å². The van der Waals surface area contributed by atoms with Crippen LogP contribution in [0.25, 0.3) is 0 Å². The Morgan fingerprint density at radius 2 is 1.88 bits per heavy atom. The van der Waals surface area contributed by atoms with Crippen LogP contribution >= 0.6 is 0 Å². The number of ether oxygens (including phenoxy) is 3. The van der Waals surface area contributed by atoms with E-state index in [4.69, 9.17) is 14.2 Å². The highest BCUT2D eigenvalue weighted by atomic mass is 19.2. The van der Waals surface area contributed by atoms with Gasteiger partial charge in [-0.1, -0.05) is 0 Å². The maximum atomic E-state index is 14.2. The SMILES string of the molecule is COCCOC(=O)N1CCC(NC(=O)c2n[nH]cc2NC(=O)c2c(OC)ccc(F)c2F)CC1. The van der Waals surface area contributed by atoms with Crippen molar-refractivity contribution in [3.63, 3.8) is 0 Å². The number of piperidine rings is 1. The highest BCUT2D eigenvalue weighted by molar-refractivity contribution is 6.09. The minimum atomic E-state index is -1.38. The fourth-order valence-electron chi connectivity index (χ4n) is 3.42. The number of hydrogen-bond donors (Lipinski definition) is 3. The third kappa shape index (κ3) is 5.78. The summed E-state index contributed by atoms with van der Waals surface area (Å²) in [4.78, 5) is 38.9. The Labute approximate surface area is 193 Å². The van der Waals surface area contributed by atoms with Gasteiger partial charge in [-0.15, -0.1) is 0 Å². The van der Waals surface area contributed by atoms with Crippen molar-refractivity contribution >= 4 is 23.6 Å². The third-order valence-electron chi connectivity index (χ3n) is 5.21. The van der Waals surface area contributed by atoms with Gasteiger partial charge in [-0.3, -0.25) is 14.7 Å². The van der Waals surface area contributed by atoms with Crippen LogP contribution in [0.15, 0.2) is 18.3 Å². The Kier molecular flexibility index (Phi) is 8.35. The van der Waals surface area contributed by atoms with Gasteiger partial charge in [0.1, 0.15) is 17.9 Å². The molecule has 11 nitrogen and oxygen atoms in total. The summed E-state index contributed by atoms with van der Waals surface area (Å²) >= 11 is 0. The number of halogens is 2. The van der Waals surface area contributed by atoms with E-state index in [0.29, 0.717) is 32.5 Å². The molecule has 2 heterocycles. The van der Waals surface area contributed by atoms with Gasteiger partial charge in [-0.25, -0.2) is 13.6 Å². The molecule has 2 aromatic rings. The van der Waals surface area contributed by atoms with Gasteiger partial charge in [0.05, 0.1) is 19.4 Å². The molecule has 0 unspecified atom stereocenters. The van der Waals surface area contributed by atoms with Crippen LogP contribution in [0.4, 0.5) is 19.3 Å². The normalized spacial score (nSPS) is 13.9. The van der Waals surface area contributed by atoms with Crippen molar-refractivity contribution in [3.05, 3.63) is 41.2 Å². The smallest absolute Gasteiger partial charge is 0.409 e. The lowest BCUT2D eigenvalue weighted by Crippen LogP contribution is -2.47. The topological polar surface area (TPSA) is 135 Å². The summed E-state index contributed by atoms with van der Waals surface area (Å²) in [5.41, 5.74) is -0.794. The Hall–Kier alpha value is -3.74. The number of amides is 3. The second-order valence-corrected chi connectivity index (χ2v) is 7.38. The quantitative estimate of drug-likeness (QED) is 0.491. The maximum Gasteiger partial charge on any atom is 0.409 e. The zero-order valence-electron chi connectivity index (χ0n) is 18.7. The van der Waals surface area contributed by atoms with E-state index < -0.39 is 35.1 Å². The van der Waals surface area contributed by atoms with Crippen LogP contribution in [0.1, 0.15) is 33.7 Å². The summed E-state index contributed by atoms with van der Waals surface area (Å²) < 4.78 is 42.7. The Bertz CT molecular complexity index is 1040. The molecule has 3 rings (SSSR count). The monoisotopic (exact) mass is 481 g/mol. The number of likely N-dealkylation sites (tertiary alicyclic amines) is 1. The average molecular weight is 481 g/mol. The molecule has 1 saturated heterocycles. The number of carbonyl (C=O) groups is 3. The number of hydrogen-bond acceptors (Lipinski definition) is 7. The van der Waals surface area contributed by atoms with Gasteiger partial charge in [0, 0.05) is 32.4 Å². The van der Waals surface area contributed by atoms with Gasteiger partial charge in [0.25, 0.3) is 11.8 Å². The number of benzene rings is 1. The molecule has 13 heteroatoms. The minimum absolute atomic E-state index is 0.0210. The number of aromatic amines is 1. The van der Waals surface area contributed by atoms with E-state index in [-0.39, 0.29) is 29.8 Å². The zero-order valence-corrected chi connectivity index (χ0v) is 18.7. The van der Waals surface area contributed by atoms with Crippen molar-refractivity contribution in [1.29, 1.82) is 0 Å². The van der Waals surface area contributed by atoms with Crippen molar-refractivity contribution in [2.24, 2.45) is 0 Å². The summed E-state index contributed by atoms with van der Waals surface area (Å²) in [5.74, 6) is -4.35. The molecule has 0 radical (unpaired) electrons. The number of aromatic nitrogens is 2. The van der Waals surface area contributed by atoms with Gasteiger partial charge in [-0.2, -0.15) is 5.10 Å². The number of carbonyl (C=O) groups excluding carboxylic acids is 3. The van der Waals surface area contributed by atoms with Gasteiger partial charge in [0.2, 0.25) is 0 Å². The van der Waals surface area contributed by atoms with E-state index in [1.807, 2.05) is 0 Å². The molecule has 34 heavy (non-hydrogen) atoms. The zero-order chi connectivity index (χ0) is 24.7. The summed E-state index contributed by atoms with van der Waals surface area (Å²) in [6.45, 7) is 1.24. The van der Waals surface area contributed by atoms with Crippen molar-refractivity contribution in [2.45, 2.75) is 18.9 Å². The van der Waals surface area contributed by atoms with E-state index in [1.54, 1.807) is 4.90 Å². The molecule has 0 atom stereocenters.